The Labute approximate surface area is 122 Å². The average Bonchev–Trinajstić information content (AvgIpc) is 2.77. The van der Waals surface area contributed by atoms with Crippen LogP contribution in [0.5, 0.6) is 0 Å². The third kappa shape index (κ3) is 2.69. The van der Waals surface area contributed by atoms with Gasteiger partial charge in [0.1, 0.15) is 11.9 Å². The number of Topliss-reactive ketones (excluding diaryl/α,β-unsaturated/α-hetero) is 2. The summed E-state index contributed by atoms with van der Waals surface area (Å²) in [6, 6.07) is 0. The fraction of sp³-hybridized carbons (Fsp3) is 0.533. The van der Waals surface area contributed by atoms with Crippen LogP contribution in [0.2, 0.25) is 0 Å². The van der Waals surface area contributed by atoms with Gasteiger partial charge in [0.15, 0.2) is 5.78 Å². The molecule has 0 aromatic rings. The molecule has 1 aliphatic heterocycles. The number of rotatable bonds is 4. The molecule has 0 bridgehead atoms. The Morgan fingerprint density at radius 3 is 2.57 bits per heavy atom. The SMILES string of the molecule is C=C1C(=O)OC(C2=C(C)C(O)CC2=O)C1C(O)CC(C)=O. The summed E-state index contributed by atoms with van der Waals surface area (Å²) in [6.45, 7) is 6.51. The Morgan fingerprint density at radius 2 is 2.10 bits per heavy atom. The fourth-order valence-corrected chi connectivity index (χ4v) is 2.90. The minimum absolute atomic E-state index is 0.0447. The monoisotopic (exact) mass is 294 g/mol. The van der Waals surface area contributed by atoms with Gasteiger partial charge in [-0.2, -0.15) is 0 Å². The van der Waals surface area contributed by atoms with Crippen LogP contribution >= 0.6 is 0 Å². The summed E-state index contributed by atoms with van der Waals surface area (Å²) in [7, 11) is 0. The Bertz CT molecular complexity index is 559. The maximum absolute atomic E-state index is 12.0. The van der Waals surface area contributed by atoms with Gasteiger partial charge >= 0.3 is 5.97 Å². The smallest absolute Gasteiger partial charge is 0.334 e. The zero-order valence-electron chi connectivity index (χ0n) is 12.0. The van der Waals surface area contributed by atoms with Gasteiger partial charge in [-0.25, -0.2) is 4.79 Å². The molecule has 2 N–H and O–H groups in total. The largest absolute Gasteiger partial charge is 0.453 e. The van der Waals surface area contributed by atoms with Crippen LogP contribution in [0.3, 0.4) is 0 Å². The number of carbonyl (C=O) groups is 3. The normalized spacial score (nSPS) is 30.9. The number of ketones is 2. The maximum atomic E-state index is 12.0. The topological polar surface area (TPSA) is 101 Å². The van der Waals surface area contributed by atoms with Crippen LogP contribution in [0.1, 0.15) is 26.7 Å². The summed E-state index contributed by atoms with van der Waals surface area (Å²) in [4.78, 5) is 34.9. The second-order valence-electron chi connectivity index (χ2n) is 5.59. The van der Waals surface area contributed by atoms with Crippen LogP contribution in [0.15, 0.2) is 23.3 Å². The molecule has 2 aliphatic rings. The summed E-state index contributed by atoms with van der Waals surface area (Å²) in [5, 5.41) is 19.9. The lowest BCUT2D eigenvalue weighted by Crippen LogP contribution is -2.33. The zero-order chi connectivity index (χ0) is 15.9. The molecule has 1 saturated heterocycles. The number of ether oxygens (including phenoxy) is 1. The summed E-state index contributed by atoms with van der Waals surface area (Å²) in [5.41, 5.74) is 0.692. The van der Waals surface area contributed by atoms with Gasteiger partial charge < -0.3 is 14.9 Å². The summed E-state index contributed by atoms with van der Waals surface area (Å²) in [5.74, 6) is -2.09. The van der Waals surface area contributed by atoms with Gasteiger partial charge in [-0.1, -0.05) is 6.58 Å². The fourth-order valence-electron chi connectivity index (χ4n) is 2.90. The summed E-state index contributed by atoms with van der Waals surface area (Å²) < 4.78 is 5.16. The quantitative estimate of drug-likeness (QED) is 0.562. The van der Waals surface area contributed by atoms with Crippen molar-refractivity contribution in [1.82, 2.24) is 0 Å². The van der Waals surface area contributed by atoms with Gasteiger partial charge in [0, 0.05) is 24.0 Å². The molecule has 0 spiro atoms. The molecule has 4 unspecified atom stereocenters. The Morgan fingerprint density at radius 1 is 1.48 bits per heavy atom. The predicted octanol–water partition coefficient (Wildman–Crippen LogP) is 0.0744. The first kappa shape index (κ1) is 15.6. The molecule has 4 atom stereocenters. The lowest BCUT2D eigenvalue weighted by molar-refractivity contribution is -0.138. The predicted molar refractivity (Wildman–Crippen MR) is 72.1 cm³/mol. The number of cyclic esters (lactones) is 1. The second kappa shape index (κ2) is 5.54. The van der Waals surface area contributed by atoms with Crippen molar-refractivity contribution < 1.29 is 29.3 Å². The molecule has 0 aromatic heterocycles. The number of hydrogen-bond acceptors (Lipinski definition) is 6. The van der Waals surface area contributed by atoms with Crippen molar-refractivity contribution in [1.29, 1.82) is 0 Å². The van der Waals surface area contributed by atoms with Crippen LogP contribution in [-0.4, -0.2) is 46.1 Å². The first-order chi connectivity index (χ1) is 9.73. The minimum Gasteiger partial charge on any atom is -0.453 e. The van der Waals surface area contributed by atoms with Gasteiger partial charge in [-0.3, -0.25) is 9.59 Å². The molecule has 2 rings (SSSR count). The van der Waals surface area contributed by atoms with Gasteiger partial charge in [0.25, 0.3) is 0 Å². The summed E-state index contributed by atoms with van der Waals surface area (Å²) in [6.07, 6.45) is -3.25. The van der Waals surface area contributed by atoms with Gasteiger partial charge in [-0.05, 0) is 19.4 Å². The molecule has 0 aromatic carbocycles. The molecular formula is C15H18O6. The Hall–Kier alpha value is -1.79. The maximum Gasteiger partial charge on any atom is 0.334 e. The van der Waals surface area contributed by atoms with Crippen molar-refractivity contribution in [3.8, 4) is 0 Å². The van der Waals surface area contributed by atoms with Gasteiger partial charge in [0.05, 0.1) is 18.1 Å². The van der Waals surface area contributed by atoms with Gasteiger partial charge in [0.2, 0.25) is 0 Å². The molecule has 1 fully saturated rings. The molecule has 6 nitrogen and oxygen atoms in total. The van der Waals surface area contributed by atoms with E-state index in [1.165, 1.54) is 6.92 Å². The van der Waals surface area contributed by atoms with E-state index in [1.807, 2.05) is 0 Å². The average molecular weight is 294 g/mol. The molecule has 21 heavy (non-hydrogen) atoms. The highest BCUT2D eigenvalue weighted by molar-refractivity contribution is 6.02. The lowest BCUT2D eigenvalue weighted by Gasteiger charge is -2.23. The standard InChI is InChI=1S/C15H18O6/c1-6(16)4-10(18)13-8(3)15(20)21-14(13)12-7(2)9(17)5-11(12)19/h9-10,13-14,17-18H,3-5H2,1-2H3. The van der Waals surface area contributed by atoms with E-state index in [1.54, 1.807) is 6.92 Å². The van der Waals surface area contributed by atoms with Crippen molar-refractivity contribution in [2.45, 2.75) is 45.0 Å². The van der Waals surface area contributed by atoms with E-state index in [0.29, 0.717) is 5.57 Å². The van der Waals surface area contributed by atoms with E-state index in [2.05, 4.69) is 6.58 Å². The molecule has 114 valence electrons. The lowest BCUT2D eigenvalue weighted by atomic mass is 9.84. The molecule has 1 aliphatic carbocycles. The van der Waals surface area contributed by atoms with E-state index in [4.69, 9.17) is 4.74 Å². The van der Waals surface area contributed by atoms with Crippen molar-refractivity contribution in [2.24, 2.45) is 5.92 Å². The van der Waals surface area contributed by atoms with Crippen molar-refractivity contribution >= 4 is 17.5 Å². The van der Waals surface area contributed by atoms with Crippen molar-refractivity contribution in [3.05, 3.63) is 23.3 Å². The van der Waals surface area contributed by atoms with E-state index in [9.17, 15) is 24.6 Å². The third-order valence-electron chi connectivity index (χ3n) is 4.02. The Balaban J connectivity index is 2.37. The molecular weight excluding hydrogens is 276 g/mol. The van der Waals surface area contributed by atoms with Crippen molar-refractivity contribution in [2.75, 3.05) is 0 Å². The first-order valence-corrected chi connectivity index (χ1v) is 6.73. The first-order valence-electron chi connectivity index (χ1n) is 6.73. The summed E-state index contributed by atoms with van der Waals surface area (Å²) >= 11 is 0. The molecule has 0 saturated carbocycles. The van der Waals surface area contributed by atoms with Crippen LogP contribution < -0.4 is 0 Å². The van der Waals surface area contributed by atoms with Crippen LogP contribution in [0.4, 0.5) is 0 Å². The van der Waals surface area contributed by atoms with E-state index >= 15 is 0 Å². The molecule has 1 heterocycles. The van der Waals surface area contributed by atoms with Crippen molar-refractivity contribution in [3.63, 3.8) is 0 Å². The Kier molecular flexibility index (Phi) is 4.11. The van der Waals surface area contributed by atoms with Crippen LogP contribution in [0, 0.1) is 5.92 Å². The van der Waals surface area contributed by atoms with E-state index in [0.717, 1.165) is 0 Å². The van der Waals surface area contributed by atoms with E-state index < -0.39 is 30.2 Å². The number of hydrogen-bond donors (Lipinski definition) is 2. The number of aliphatic hydroxyl groups excluding tert-OH is 2. The minimum atomic E-state index is -1.16. The number of carbonyl (C=O) groups excluding carboxylic acids is 3. The highest BCUT2D eigenvalue weighted by Crippen LogP contribution is 2.39. The number of aliphatic hydroxyl groups is 2. The molecule has 6 heteroatoms. The number of esters is 1. The highest BCUT2D eigenvalue weighted by Gasteiger charge is 2.48. The second-order valence-corrected chi connectivity index (χ2v) is 5.59. The van der Waals surface area contributed by atoms with Crippen LogP contribution in [-0.2, 0) is 19.1 Å². The van der Waals surface area contributed by atoms with Crippen LogP contribution in [0.25, 0.3) is 0 Å². The van der Waals surface area contributed by atoms with E-state index in [-0.39, 0.29) is 35.6 Å². The highest BCUT2D eigenvalue weighted by atomic mass is 16.6. The zero-order valence-corrected chi connectivity index (χ0v) is 12.0. The third-order valence-corrected chi connectivity index (χ3v) is 4.02. The molecule has 0 radical (unpaired) electrons. The van der Waals surface area contributed by atoms with Gasteiger partial charge in [-0.15, -0.1) is 0 Å². The molecule has 0 amide bonds.